The monoisotopic (exact) mass is 298 g/mol. The summed E-state index contributed by atoms with van der Waals surface area (Å²) in [6, 6.07) is 15.9. The zero-order valence-electron chi connectivity index (χ0n) is 13.1. The highest BCUT2D eigenvalue weighted by atomic mass is 16.5. The van der Waals surface area contributed by atoms with Crippen LogP contribution in [0.2, 0.25) is 0 Å². The summed E-state index contributed by atoms with van der Waals surface area (Å²) >= 11 is 0. The van der Waals surface area contributed by atoms with Crippen molar-refractivity contribution in [1.29, 1.82) is 0 Å². The lowest BCUT2D eigenvalue weighted by molar-refractivity contribution is -0.114. The number of aryl methyl sites for hydroxylation is 1. The second kappa shape index (κ2) is 8.20. The van der Waals surface area contributed by atoms with Gasteiger partial charge >= 0.3 is 0 Å². The van der Waals surface area contributed by atoms with Gasteiger partial charge in [-0.1, -0.05) is 29.8 Å². The molecule has 0 spiro atoms. The third-order valence-electron chi connectivity index (χ3n) is 3.17. The molecular weight excluding hydrogens is 276 g/mol. The van der Waals surface area contributed by atoms with Gasteiger partial charge < -0.3 is 15.4 Å². The van der Waals surface area contributed by atoms with E-state index in [0.29, 0.717) is 6.61 Å². The normalized spacial score (nSPS) is 10.3. The van der Waals surface area contributed by atoms with Gasteiger partial charge in [0.2, 0.25) is 5.91 Å². The fourth-order valence-corrected chi connectivity index (χ4v) is 2.02. The van der Waals surface area contributed by atoms with Gasteiger partial charge in [-0.25, -0.2) is 0 Å². The number of carbonyl (C=O) groups excluding carboxylic acids is 1. The number of benzene rings is 2. The molecular formula is C18H22N2O2. The maximum atomic E-state index is 10.9. The highest BCUT2D eigenvalue weighted by Crippen LogP contribution is 2.11. The number of nitrogens with one attached hydrogen (secondary N) is 2. The highest BCUT2D eigenvalue weighted by Gasteiger charge is 1.97. The third kappa shape index (κ3) is 5.58. The molecule has 0 aliphatic carbocycles. The fourth-order valence-electron chi connectivity index (χ4n) is 2.02. The summed E-state index contributed by atoms with van der Waals surface area (Å²) in [5.41, 5.74) is 3.22. The molecule has 0 unspecified atom stereocenters. The molecule has 1 amide bonds. The molecule has 0 saturated carbocycles. The van der Waals surface area contributed by atoms with Crippen LogP contribution in [-0.2, 0) is 11.3 Å². The predicted octanol–water partition coefficient (Wildman–Crippen LogP) is 3.12. The van der Waals surface area contributed by atoms with Gasteiger partial charge in [0.15, 0.2) is 0 Å². The van der Waals surface area contributed by atoms with Crippen molar-refractivity contribution >= 4 is 11.6 Å². The van der Waals surface area contributed by atoms with Gasteiger partial charge in [0.25, 0.3) is 0 Å². The SMILES string of the molecule is CC(=O)Nc1ccc(CNCCOc2ccc(C)cc2)cc1. The van der Waals surface area contributed by atoms with Gasteiger partial charge in [-0.3, -0.25) is 4.79 Å². The molecule has 2 aromatic rings. The minimum Gasteiger partial charge on any atom is -0.492 e. The molecule has 4 nitrogen and oxygen atoms in total. The molecule has 0 saturated heterocycles. The number of rotatable bonds is 7. The molecule has 2 rings (SSSR count). The van der Waals surface area contributed by atoms with Gasteiger partial charge in [0.1, 0.15) is 12.4 Å². The Morgan fingerprint density at radius 1 is 1.05 bits per heavy atom. The van der Waals surface area contributed by atoms with Crippen LogP contribution in [0.25, 0.3) is 0 Å². The molecule has 0 heterocycles. The topological polar surface area (TPSA) is 50.4 Å². The van der Waals surface area contributed by atoms with Gasteiger partial charge in [-0.2, -0.15) is 0 Å². The minimum absolute atomic E-state index is 0.0564. The summed E-state index contributed by atoms with van der Waals surface area (Å²) in [4.78, 5) is 10.9. The van der Waals surface area contributed by atoms with E-state index in [0.717, 1.165) is 24.5 Å². The second-order valence-corrected chi connectivity index (χ2v) is 5.22. The van der Waals surface area contributed by atoms with Crippen LogP contribution in [0.15, 0.2) is 48.5 Å². The van der Waals surface area contributed by atoms with Crippen LogP contribution in [0.4, 0.5) is 5.69 Å². The molecule has 0 radical (unpaired) electrons. The first kappa shape index (κ1) is 16.0. The zero-order chi connectivity index (χ0) is 15.8. The Kier molecular flexibility index (Phi) is 5.98. The van der Waals surface area contributed by atoms with Crippen LogP contribution >= 0.6 is 0 Å². The first-order chi connectivity index (χ1) is 10.6. The molecule has 22 heavy (non-hydrogen) atoms. The van der Waals surface area contributed by atoms with Crippen molar-refractivity contribution in [1.82, 2.24) is 5.32 Å². The van der Waals surface area contributed by atoms with Gasteiger partial charge in [-0.05, 0) is 36.8 Å². The molecule has 0 atom stereocenters. The van der Waals surface area contributed by atoms with Crippen LogP contribution in [0.3, 0.4) is 0 Å². The summed E-state index contributed by atoms with van der Waals surface area (Å²) in [6.07, 6.45) is 0. The summed E-state index contributed by atoms with van der Waals surface area (Å²) in [7, 11) is 0. The van der Waals surface area contributed by atoms with Crippen molar-refractivity contribution in [2.45, 2.75) is 20.4 Å². The molecule has 4 heteroatoms. The van der Waals surface area contributed by atoms with Crippen LogP contribution in [-0.4, -0.2) is 19.1 Å². The minimum atomic E-state index is -0.0564. The van der Waals surface area contributed by atoms with Gasteiger partial charge in [0.05, 0.1) is 0 Å². The Hall–Kier alpha value is -2.33. The smallest absolute Gasteiger partial charge is 0.221 e. The molecule has 0 aromatic heterocycles. The molecule has 0 aliphatic rings. The van der Waals surface area contributed by atoms with E-state index < -0.39 is 0 Å². The van der Waals surface area contributed by atoms with Crippen LogP contribution in [0.1, 0.15) is 18.1 Å². The number of amides is 1. The number of hydrogen-bond acceptors (Lipinski definition) is 3. The third-order valence-corrected chi connectivity index (χ3v) is 3.17. The fraction of sp³-hybridized carbons (Fsp3) is 0.278. The predicted molar refractivity (Wildman–Crippen MR) is 89.1 cm³/mol. The van der Waals surface area contributed by atoms with Crippen molar-refractivity contribution < 1.29 is 9.53 Å². The first-order valence-corrected chi connectivity index (χ1v) is 7.40. The maximum absolute atomic E-state index is 10.9. The Labute approximate surface area is 131 Å². The Bertz CT molecular complexity index is 591. The van der Waals surface area contributed by atoms with E-state index in [1.807, 2.05) is 48.5 Å². The summed E-state index contributed by atoms with van der Waals surface area (Å²) < 4.78 is 5.65. The maximum Gasteiger partial charge on any atom is 0.221 e. The number of hydrogen-bond donors (Lipinski definition) is 2. The lowest BCUT2D eigenvalue weighted by Crippen LogP contribution is -2.20. The molecule has 2 N–H and O–H groups in total. The van der Waals surface area contributed by atoms with Crippen LogP contribution < -0.4 is 15.4 Å². The zero-order valence-corrected chi connectivity index (χ0v) is 13.1. The van der Waals surface area contributed by atoms with Crippen molar-refractivity contribution in [2.75, 3.05) is 18.5 Å². The van der Waals surface area contributed by atoms with E-state index in [1.54, 1.807) is 0 Å². The highest BCUT2D eigenvalue weighted by molar-refractivity contribution is 5.88. The van der Waals surface area contributed by atoms with E-state index in [2.05, 4.69) is 17.6 Å². The molecule has 0 fully saturated rings. The van der Waals surface area contributed by atoms with E-state index in [4.69, 9.17) is 4.74 Å². The van der Waals surface area contributed by atoms with E-state index >= 15 is 0 Å². The standard InChI is InChI=1S/C18H22N2O2/c1-14-3-9-18(10-4-14)22-12-11-19-13-16-5-7-17(8-6-16)20-15(2)21/h3-10,19H,11-13H2,1-2H3,(H,20,21). The Morgan fingerprint density at radius 2 is 1.73 bits per heavy atom. The van der Waals surface area contributed by atoms with E-state index in [9.17, 15) is 4.79 Å². The van der Waals surface area contributed by atoms with Crippen molar-refractivity contribution in [3.63, 3.8) is 0 Å². The largest absolute Gasteiger partial charge is 0.492 e. The quantitative estimate of drug-likeness (QED) is 0.772. The Balaban J connectivity index is 1.66. The molecule has 0 bridgehead atoms. The first-order valence-electron chi connectivity index (χ1n) is 7.40. The molecule has 0 aliphatic heterocycles. The van der Waals surface area contributed by atoms with Gasteiger partial charge in [-0.15, -0.1) is 0 Å². The summed E-state index contributed by atoms with van der Waals surface area (Å²) in [5.74, 6) is 0.839. The lowest BCUT2D eigenvalue weighted by atomic mass is 10.2. The average molecular weight is 298 g/mol. The number of carbonyl (C=O) groups is 1. The van der Waals surface area contributed by atoms with E-state index in [1.165, 1.54) is 18.1 Å². The number of anilines is 1. The van der Waals surface area contributed by atoms with Crippen molar-refractivity contribution in [3.05, 3.63) is 59.7 Å². The Morgan fingerprint density at radius 3 is 2.36 bits per heavy atom. The average Bonchev–Trinajstić information content (AvgIpc) is 2.50. The van der Waals surface area contributed by atoms with Crippen LogP contribution in [0, 0.1) is 6.92 Å². The number of ether oxygens (including phenoxy) is 1. The summed E-state index contributed by atoms with van der Waals surface area (Å²) in [6.45, 7) is 5.75. The van der Waals surface area contributed by atoms with Gasteiger partial charge in [0, 0.05) is 25.7 Å². The molecule has 116 valence electrons. The summed E-state index contributed by atoms with van der Waals surface area (Å²) in [5, 5.41) is 6.08. The van der Waals surface area contributed by atoms with Crippen molar-refractivity contribution in [2.24, 2.45) is 0 Å². The second-order valence-electron chi connectivity index (χ2n) is 5.22. The van der Waals surface area contributed by atoms with Crippen LogP contribution in [0.5, 0.6) is 5.75 Å². The van der Waals surface area contributed by atoms with E-state index in [-0.39, 0.29) is 5.91 Å². The van der Waals surface area contributed by atoms with Crippen molar-refractivity contribution in [3.8, 4) is 5.75 Å². The lowest BCUT2D eigenvalue weighted by Gasteiger charge is -2.08. The molecule has 2 aromatic carbocycles.